The molecule has 0 bridgehead atoms. The van der Waals surface area contributed by atoms with Crippen molar-refractivity contribution in [3.05, 3.63) is 23.8 Å². The second kappa shape index (κ2) is 4.83. The summed E-state index contributed by atoms with van der Waals surface area (Å²) in [5.41, 5.74) is 4.28. The zero-order chi connectivity index (χ0) is 12.5. The van der Waals surface area contributed by atoms with Crippen molar-refractivity contribution in [3.8, 4) is 0 Å². The molecule has 98 valence electrons. The summed E-state index contributed by atoms with van der Waals surface area (Å²) >= 11 is 0. The van der Waals surface area contributed by atoms with Gasteiger partial charge in [-0.05, 0) is 62.3 Å². The Kier molecular flexibility index (Phi) is 3.19. The van der Waals surface area contributed by atoms with Gasteiger partial charge in [-0.15, -0.1) is 0 Å². The fraction of sp³-hybridized carbons (Fsp3) is 0.625. The molecule has 0 radical (unpaired) electrons. The molecule has 2 atom stereocenters. The fourth-order valence-corrected chi connectivity index (χ4v) is 3.43. The minimum Gasteiger partial charge on any atom is -0.385 e. The van der Waals surface area contributed by atoms with Crippen LogP contribution in [-0.2, 0) is 6.42 Å². The molecule has 2 heteroatoms. The minimum absolute atomic E-state index is 0.684. The lowest BCUT2D eigenvalue weighted by Crippen LogP contribution is -2.40. The van der Waals surface area contributed by atoms with Gasteiger partial charge in [0.25, 0.3) is 0 Å². The summed E-state index contributed by atoms with van der Waals surface area (Å²) in [6.45, 7) is 7.09. The number of hydrogen-bond donors (Lipinski definition) is 1. The lowest BCUT2D eigenvalue weighted by atomic mass is 9.92. The van der Waals surface area contributed by atoms with Gasteiger partial charge in [-0.2, -0.15) is 0 Å². The first kappa shape index (κ1) is 11.9. The summed E-state index contributed by atoms with van der Waals surface area (Å²) in [6.07, 6.45) is 5.16. The highest BCUT2D eigenvalue weighted by atomic mass is 15.2. The van der Waals surface area contributed by atoms with Crippen LogP contribution in [0.3, 0.4) is 0 Å². The predicted octanol–water partition coefficient (Wildman–Crippen LogP) is 3.67. The Morgan fingerprint density at radius 1 is 1.28 bits per heavy atom. The van der Waals surface area contributed by atoms with Gasteiger partial charge in [0.2, 0.25) is 0 Å². The lowest BCUT2D eigenvalue weighted by Gasteiger charge is -2.38. The fourth-order valence-electron chi connectivity index (χ4n) is 3.43. The quantitative estimate of drug-likeness (QED) is 0.811. The Balaban J connectivity index is 1.83. The molecule has 1 fully saturated rings. The van der Waals surface area contributed by atoms with Gasteiger partial charge in [-0.1, -0.05) is 6.92 Å². The molecule has 1 saturated heterocycles. The van der Waals surface area contributed by atoms with Crippen molar-refractivity contribution in [1.82, 2.24) is 0 Å². The summed E-state index contributed by atoms with van der Waals surface area (Å²) in [5.74, 6) is 0.885. The van der Waals surface area contributed by atoms with E-state index >= 15 is 0 Å². The van der Waals surface area contributed by atoms with E-state index in [0.29, 0.717) is 6.04 Å². The number of rotatable bonds is 1. The zero-order valence-corrected chi connectivity index (χ0v) is 11.6. The van der Waals surface area contributed by atoms with E-state index in [-0.39, 0.29) is 0 Å². The van der Waals surface area contributed by atoms with Crippen LogP contribution in [0.15, 0.2) is 18.2 Å². The summed E-state index contributed by atoms with van der Waals surface area (Å²) in [5, 5.41) is 3.49. The average molecular weight is 244 g/mol. The second-order valence-electron chi connectivity index (χ2n) is 6.04. The van der Waals surface area contributed by atoms with E-state index < -0.39 is 0 Å². The van der Waals surface area contributed by atoms with Gasteiger partial charge in [0.05, 0.1) is 0 Å². The van der Waals surface area contributed by atoms with Gasteiger partial charge in [0.15, 0.2) is 0 Å². The third-order valence-corrected chi connectivity index (χ3v) is 4.50. The number of anilines is 2. The monoisotopic (exact) mass is 244 g/mol. The van der Waals surface area contributed by atoms with Gasteiger partial charge < -0.3 is 10.2 Å². The van der Waals surface area contributed by atoms with Crippen LogP contribution in [0.5, 0.6) is 0 Å². The van der Waals surface area contributed by atoms with Gasteiger partial charge >= 0.3 is 0 Å². The molecule has 1 N–H and O–H groups in total. The molecule has 18 heavy (non-hydrogen) atoms. The topological polar surface area (TPSA) is 15.3 Å². The molecule has 2 aliphatic rings. The van der Waals surface area contributed by atoms with Crippen molar-refractivity contribution in [2.24, 2.45) is 5.92 Å². The standard InChI is InChI=1S/C16H24N2/c1-12-7-9-18(13(2)10-12)15-5-6-16-14(11-15)4-3-8-17-16/h5-6,11-13,17H,3-4,7-10H2,1-2H3. The van der Waals surface area contributed by atoms with E-state index in [4.69, 9.17) is 0 Å². The smallest absolute Gasteiger partial charge is 0.0374 e. The molecule has 2 aliphatic heterocycles. The number of piperidine rings is 1. The van der Waals surface area contributed by atoms with Gasteiger partial charge in [0, 0.05) is 30.5 Å². The Morgan fingerprint density at radius 3 is 3.00 bits per heavy atom. The molecule has 1 aromatic carbocycles. The summed E-state index contributed by atoms with van der Waals surface area (Å²) < 4.78 is 0. The van der Waals surface area contributed by atoms with E-state index in [1.807, 2.05) is 0 Å². The second-order valence-corrected chi connectivity index (χ2v) is 6.04. The van der Waals surface area contributed by atoms with Gasteiger partial charge in [0.1, 0.15) is 0 Å². The van der Waals surface area contributed by atoms with E-state index in [1.165, 1.54) is 49.2 Å². The Morgan fingerprint density at radius 2 is 2.17 bits per heavy atom. The molecule has 2 unspecified atom stereocenters. The van der Waals surface area contributed by atoms with Gasteiger partial charge in [-0.25, -0.2) is 0 Å². The molecule has 2 nitrogen and oxygen atoms in total. The molecular formula is C16H24N2. The van der Waals surface area contributed by atoms with Crippen molar-refractivity contribution in [2.45, 2.75) is 45.6 Å². The number of hydrogen-bond acceptors (Lipinski definition) is 2. The average Bonchev–Trinajstić information content (AvgIpc) is 2.38. The summed E-state index contributed by atoms with van der Waals surface area (Å²) in [4.78, 5) is 2.59. The highest BCUT2D eigenvalue weighted by Crippen LogP contribution is 2.31. The number of benzene rings is 1. The number of fused-ring (bicyclic) bond motifs is 1. The molecule has 0 saturated carbocycles. The van der Waals surface area contributed by atoms with Crippen molar-refractivity contribution in [2.75, 3.05) is 23.3 Å². The Bertz CT molecular complexity index is 427. The first-order valence-electron chi connectivity index (χ1n) is 7.37. The van der Waals surface area contributed by atoms with Crippen LogP contribution in [0, 0.1) is 5.92 Å². The highest BCUT2D eigenvalue weighted by molar-refractivity contribution is 5.62. The van der Waals surface area contributed by atoms with Crippen LogP contribution >= 0.6 is 0 Å². The van der Waals surface area contributed by atoms with Crippen LogP contribution < -0.4 is 10.2 Å². The molecule has 3 rings (SSSR count). The van der Waals surface area contributed by atoms with Crippen molar-refractivity contribution in [1.29, 1.82) is 0 Å². The van der Waals surface area contributed by atoms with Crippen LogP contribution in [0.25, 0.3) is 0 Å². The summed E-state index contributed by atoms with van der Waals surface area (Å²) in [6, 6.07) is 7.66. The Hall–Kier alpha value is -1.18. The molecule has 0 amide bonds. The first-order valence-corrected chi connectivity index (χ1v) is 7.37. The molecule has 2 heterocycles. The molecule has 0 aliphatic carbocycles. The maximum absolute atomic E-state index is 3.49. The van der Waals surface area contributed by atoms with Crippen molar-refractivity contribution >= 4 is 11.4 Å². The predicted molar refractivity (Wildman–Crippen MR) is 78.5 cm³/mol. The summed E-state index contributed by atoms with van der Waals surface area (Å²) in [7, 11) is 0. The first-order chi connectivity index (χ1) is 8.74. The number of nitrogens with zero attached hydrogens (tertiary/aromatic N) is 1. The Labute approximate surface area is 110 Å². The minimum atomic E-state index is 0.684. The maximum Gasteiger partial charge on any atom is 0.0374 e. The molecular weight excluding hydrogens is 220 g/mol. The van der Waals surface area contributed by atoms with Crippen LogP contribution in [0.4, 0.5) is 11.4 Å². The van der Waals surface area contributed by atoms with Crippen molar-refractivity contribution in [3.63, 3.8) is 0 Å². The number of nitrogens with one attached hydrogen (secondary N) is 1. The SMILES string of the molecule is CC1CCN(c2ccc3c(c2)CCCN3)C(C)C1. The largest absolute Gasteiger partial charge is 0.385 e. The molecule has 0 spiro atoms. The van der Waals surface area contributed by atoms with Crippen LogP contribution in [-0.4, -0.2) is 19.1 Å². The van der Waals surface area contributed by atoms with E-state index in [1.54, 1.807) is 0 Å². The normalized spacial score (nSPS) is 27.6. The maximum atomic E-state index is 3.49. The van der Waals surface area contributed by atoms with Crippen molar-refractivity contribution < 1.29 is 0 Å². The third kappa shape index (κ3) is 2.21. The van der Waals surface area contributed by atoms with Gasteiger partial charge in [-0.3, -0.25) is 0 Å². The van der Waals surface area contributed by atoms with Crippen LogP contribution in [0.2, 0.25) is 0 Å². The molecule has 0 aromatic heterocycles. The van der Waals surface area contributed by atoms with E-state index in [2.05, 4.69) is 42.3 Å². The third-order valence-electron chi connectivity index (χ3n) is 4.50. The highest BCUT2D eigenvalue weighted by Gasteiger charge is 2.23. The van der Waals surface area contributed by atoms with Crippen LogP contribution in [0.1, 0.15) is 38.7 Å². The lowest BCUT2D eigenvalue weighted by molar-refractivity contribution is 0.378. The van der Waals surface area contributed by atoms with E-state index in [9.17, 15) is 0 Å². The zero-order valence-electron chi connectivity index (χ0n) is 11.6. The van der Waals surface area contributed by atoms with E-state index in [0.717, 1.165) is 12.5 Å². The molecule has 1 aromatic rings. The number of aryl methyl sites for hydroxylation is 1.